The average molecular weight is 476 g/mol. The molecule has 3 atom stereocenters. The van der Waals surface area contributed by atoms with E-state index >= 15 is 0 Å². The van der Waals surface area contributed by atoms with Crippen LogP contribution in [0.5, 0.6) is 11.5 Å². The summed E-state index contributed by atoms with van der Waals surface area (Å²) in [6.45, 7) is 5.59. The summed E-state index contributed by atoms with van der Waals surface area (Å²) in [7, 11) is 1.28. The molecule has 7 nitrogen and oxygen atoms in total. The first-order valence-electron chi connectivity index (χ1n) is 11.7. The Labute approximate surface area is 204 Å². The van der Waals surface area contributed by atoms with Crippen LogP contribution < -0.4 is 10.1 Å². The number of rotatable bonds is 6. The fourth-order valence-corrected chi connectivity index (χ4v) is 4.88. The van der Waals surface area contributed by atoms with Crippen LogP contribution in [0.3, 0.4) is 0 Å². The lowest BCUT2D eigenvalue weighted by atomic mass is 9.69. The van der Waals surface area contributed by atoms with Gasteiger partial charge in [0.15, 0.2) is 5.78 Å². The van der Waals surface area contributed by atoms with Crippen LogP contribution >= 0.6 is 0 Å². The van der Waals surface area contributed by atoms with Gasteiger partial charge in [0.1, 0.15) is 17.4 Å². The number of hydrogen-bond acceptors (Lipinski definition) is 7. The SMILES string of the molecule is CCOC(=O)C1=C(C)NC2=C(C(=O)C(C(=O)OC)C(C)C2)C1c1cccc(Oc2ccccc2)c1. The van der Waals surface area contributed by atoms with E-state index in [1.807, 2.05) is 61.5 Å². The summed E-state index contributed by atoms with van der Waals surface area (Å²) in [6.07, 6.45) is 0.477. The van der Waals surface area contributed by atoms with E-state index in [-0.39, 0.29) is 18.3 Å². The van der Waals surface area contributed by atoms with Gasteiger partial charge in [-0.15, -0.1) is 0 Å². The molecule has 2 aromatic rings. The van der Waals surface area contributed by atoms with Gasteiger partial charge in [-0.25, -0.2) is 4.79 Å². The molecular weight excluding hydrogens is 446 g/mol. The molecule has 7 heteroatoms. The van der Waals surface area contributed by atoms with Crippen molar-refractivity contribution in [3.05, 3.63) is 82.7 Å². The van der Waals surface area contributed by atoms with E-state index in [0.717, 1.165) is 0 Å². The monoisotopic (exact) mass is 475 g/mol. The summed E-state index contributed by atoms with van der Waals surface area (Å²) in [4.78, 5) is 39.4. The zero-order valence-corrected chi connectivity index (χ0v) is 20.3. The number of esters is 2. The Morgan fingerprint density at radius 3 is 2.46 bits per heavy atom. The molecule has 3 unspecified atom stereocenters. The van der Waals surface area contributed by atoms with Gasteiger partial charge in [-0.3, -0.25) is 9.59 Å². The van der Waals surface area contributed by atoms with Gasteiger partial charge in [0.05, 0.1) is 19.3 Å². The molecule has 1 N–H and O–H groups in total. The van der Waals surface area contributed by atoms with Crippen LogP contribution in [0.2, 0.25) is 0 Å². The van der Waals surface area contributed by atoms with Crippen molar-refractivity contribution < 1.29 is 28.6 Å². The van der Waals surface area contributed by atoms with Crippen molar-refractivity contribution in [3.63, 3.8) is 0 Å². The van der Waals surface area contributed by atoms with Crippen molar-refractivity contribution in [1.29, 1.82) is 0 Å². The highest BCUT2D eigenvalue weighted by atomic mass is 16.5. The molecule has 0 saturated heterocycles. The minimum Gasteiger partial charge on any atom is -0.468 e. The molecular formula is C28H29NO6. The van der Waals surface area contributed by atoms with E-state index < -0.39 is 23.8 Å². The third kappa shape index (κ3) is 4.71. The van der Waals surface area contributed by atoms with Gasteiger partial charge >= 0.3 is 11.9 Å². The minimum atomic E-state index is -0.936. The number of carbonyl (C=O) groups excluding carboxylic acids is 3. The molecule has 0 amide bonds. The number of hydrogen-bond donors (Lipinski definition) is 1. The van der Waals surface area contributed by atoms with Crippen LogP contribution in [-0.2, 0) is 23.9 Å². The number of allylic oxidation sites excluding steroid dienone is 3. The number of carbonyl (C=O) groups is 3. The van der Waals surface area contributed by atoms with Gasteiger partial charge in [0.2, 0.25) is 0 Å². The van der Waals surface area contributed by atoms with Crippen molar-refractivity contribution in [2.45, 2.75) is 33.1 Å². The summed E-state index contributed by atoms with van der Waals surface area (Å²) < 4.78 is 16.3. The highest BCUT2D eigenvalue weighted by molar-refractivity contribution is 6.12. The second-order valence-corrected chi connectivity index (χ2v) is 8.74. The number of para-hydroxylation sites is 1. The Bertz CT molecular complexity index is 1210. The number of ether oxygens (including phenoxy) is 3. The van der Waals surface area contributed by atoms with Gasteiger partial charge in [0, 0.05) is 22.9 Å². The maximum atomic E-state index is 13.8. The molecule has 0 spiro atoms. The van der Waals surface area contributed by atoms with Crippen molar-refractivity contribution in [1.82, 2.24) is 5.32 Å². The van der Waals surface area contributed by atoms with Crippen LogP contribution in [0.1, 0.15) is 38.7 Å². The number of ketones is 1. The Balaban J connectivity index is 1.83. The smallest absolute Gasteiger partial charge is 0.336 e. The molecule has 0 radical (unpaired) electrons. The quantitative estimate of drug-likeness (QED) is 0.480. The van der Waals surface area contributed by atoms with Gasteiger partial charge in [-0.2, -0.15) is 0 Å². The molecule has 1 heterocycles. The summed E-state index contributed by atoms with van der Waals surface area (Å²) in [5, 5.41) is 3.25. The Morgan fingerprint density at radius 2 is 1.77 bits per heavy atom. The zero-order chi connectivity index (χ0) is 25.1. The molecule has 182 valence electrons. The topological polar surface area (TPSA) is 90.9 Å². The lowest BCUT2D eigenvalue weighted by molar-refractivity contribution is -0.151. The van der Waals surface area contributed by atoms with Crippen LogP contribution in [0.4, 0.5) is 0 Å². The average Bonchev–Trinajstić information content (AvgIpc) is 2.84. The molecule has 0 aromatic heterocycles. The molecule has 2 aromatic carbocycles. The fourth-order valence-electron chi connectivity index (χ4n) is 4.88. The van der Waals surface area contributed by atoms with Crippen LogP contribution in [0, 0.1) is 11.8 Å². The Kier molecular flexibility index (Phi) is 7.05. The molecule has 0 fully saturated rings. The first-order valence-corrected chi connectivity index (χ1v) is 11.7. The minimum absolute atomic E-state index is 0.196. The summed E-state index contributed by atoms with van der Waals surface area (Å²) in [5.74, 6) is -2.08. The van der Waals surface area contributed by atoms with Crippen molar-refractivity contribution in [2.75, 3.05) is 13.7 Å². The fraction of sp³-hybridized carbons (Fsp3) is 0.321. The van der Waals surface area contributed by atoms with Crippen molar-refractivity contribution in [2.24, 2.45) is 11.8 Å². The van der Waals surface area contributed by atoms with Crippen LogP contribution in [-0.4, -0.2) is 31.4 Å². The van der Waals surface area contributed by atoms with Crippen molar-refractivity contribution in [3.8, 4) is 11.5 Å². The second kappa shape index (κ2) is 10.2. The standard InChI is InChI=1S/C28H29NO6/c1-5-34-28(32)23-17(3)29-21-14-16(2)22(27(31)33-4)26(30)25(21)24(23)18-10-9-13-20(15-18)35-19-11-7-6-8-12-19/h6-13,15-16,22,24,29H,5,14H2,1-4H3. The predicted octanol–water partition coefficient (Wildman–Crippen LogP) is 4.66. The summed E-state index contributed by atoms with van der Waals surface area (Å²) >= 11 is 0. The maximum Gasteiger partial charge on any atom is 0.336 e. The lowest BCUT2D eigenvalue weighted by Crippen LogP contribution is -2.43. The number of benzene rings is 2. The van der Waals surface area contributed by atoms with Gasteiger partial charge in [0.25, 0.3) is 0 Å². The number of dihydropyridines is 1. The van der Waals surface area contributed by atoms with E-state index in [1.165, 1.54) is 7.11 Å². The van der Waals surface area contributed by atoms with E-state index in [9.17, 15) is 14.4 Å². The van der Waals surface area contributed by atoms with Gasteiger partial charge in [-0.1, -0.05) is 37.3 Å². The summed E-state index contributed by atoms with van der Waals surface area (Å²) in [6, 6.07) is 16.7. The molecule has 1 aliphatic carbocycles. The Hall–Kier alpha value is -3.87. The third-order valence-corrected chi connectivity index (χ3v) is 6.41. The molecule has 0 saturated carbocycles. The van der Waals surface area contributed by atoms with Gasteiger partial charge in [-0.05, 0) is 56.0 Å². The zero-order valence-electron chi connectivity index (χ0n) is 20.3. The van der Waals surface area contributed by atoms with Crippen LogP contribution in [0.15, 0.2) is 77.1 Å². The second-order valence-electron chi connectivity index (χ2n) is 8.74. The number of methoxy groups -OCH3 is 1. The highest BCUT2D eigenvalue weighted by Crippen LogP contribution is 2.46. The lowest BCUT2D eigenvalue weighted by Gasteiger charge is -2.38. The summed E-state index contributed by atoms with van der Waals surface area (Å²) in [5.41, 5.74) is 2.77. The Morgan fingerprint density at radius 1 is 1.06 bits per heavy atom. The maximum absolute atomic E-state index is 13.8. The highest BCUT2D eigenvalue weighted by Gasteiger charge is 2.47. The molecule has 4 rings (SSSR count). The normalized spacial score (nSPS) is 21.7. The third-order valence-electron chi connectivity index (χ3n) is 6.41. The van der Waals surface area contributed by atoms with E-state index in [1.54, 1.807) is 13.8 Å². The van der Waals surface area contributed by atoms with Crippen LogP contribution in [0.25, 0.3) is 0 Å². The molecule has 35 heavy (non-hydrogen) atoms. The first kappa shape index (κ1) is 24.3. The first-order chi connectivity index (χ1) is 16.8. The predicted molar refractivity (Wildman–Crippen MR) is 129 cm³/mol. The van der Waals surface area contributed by atoms with E-state index in [4.69, 9.17) is 14.2 Å². The van der Waals surface area contributed by atoms with E-state index in [0.29, 0.717) is 46.0 Å². The van der Waals surface area contributed by atoms with Crippen molar-refractivity contribution >= 4 is 17.7 Å². The number of Topliss-reactive ketones (excluding diaryl/α,β-unsaturated/α-hetero) is 1. The largest absolute Gasteiger partial charge is 0.468 e. The molecule has 2 aliphatic rings. The molecule has 1 aliphatic heterocycles. The van der Waals surface area contributed by atoms with E-state index in [2.05, 4.69) is 5.32 Å². The number of nitrogens with one attached hydrogen (secondary N) is 1. The van der Waals surface area contributed by atoms with Gasteiger partial charge < -0.3 is 19.5 Å². The molecule has 0 bridgehead atoms.